The molecule has 4 rings (SSSR count). The molecule has 0 amide bonds. The number of nitrogens with zero attached hydrogens (tertiary/aromatic N) is 1. The van der Waals surface area contributed by atoms with E-state index in [2.05, 4.69) is 11.9 Å². The van der Waals surface area contributed by atoms with Gasteiger partial charge in [-0.15, -0.1) is 0 Å². The molecular formula is C26H22ClNO3. The second kappa shape index (κ2) is 9.63. The Balaban J connectivity index is 1.70. The van der Waals surface area contributed by atoms with E-state index in [-0.39, 0.29) is 11.7 Å². The van der Waals surface area contributed by atoms with Crippen molar-refractivity contribution in [1.29, 1.82) is 0 Å². The van der Waals surface area contributed by atoms with Crippen molar-refractivity contribution in [2.75, 3.05) is 6.61 Å². The molecule has 1 aromatic heterocycles. The zero-order valence-corrected chi connectivity index (χ0v) is 17.9. The number of ether oxygens (including phenoxy) is 1. The molecule has 0 N–H and O–H groups in total. The number of oxazole rings is 1. The summed E-state index contributed by atoms with van der Waals surface area (Å²) in [4.78, 5) is 18.0. The molecule has 0 radical (unpaired) electrons. The zero-order chi connectivity index (χ0) is 21.6. The number of unbranched alkanes of at least 4 members (excludes halogenated alkanes) is 1. The van der Waals surface area contributed by atoms with Gasteiger partial charge in [0, 0.05) is 10.6 Å². The minimum absolute atomic E-state index is 0.188. The molecule has 0 fully saturated rings. The number of halogens is 1. The first kappa shape index (κ1) is 20.9. The quantitative estimate of drug-likeness (QED) is 0.170. The molecule has 0 aliphatic carbocycles. The predicted molar refractivity (Wildman–Crippen MR) is 125 cm³/mol. The van der Waals surface area contributed by atoms with Crippen LogP contribution in [0.25, 0.3) is 22.7 Å². The summed E-state index contributed by atoms with van der Waals surface area (Å²) in [7, 11) is 0. The fourth-order valence-corrected chi connectivity index (χ4v) is 3.37. The number of hydrogen-bond donors (Lipinski definition) is 0. The maximum Gasteiger partial charge on any atom is 0.231 e. The summed E-state index contributed by atoms with van der Waals surface area (Å²) in [6.07, 6.45) is 3.81. The van der Waals surface area contributed by atoms with Gasteiger partial charge in [-0.3, -0.25) is 4.79 Å². The predicted octanol–water partition coefficient (Wildman–Crippen LogP) is 7.08. The number of allylic oxidation sites excluding steroid dienone is 1. The number of carbonyl (C=O) groups is 1. The van der Waals surface area contributed by atoms with Crippen molar-refractivity contribution in [1.82, 2.24) is 4.98 Å². The number of aromatic nitrogens is 1. The van der Waals surface area contributed by atoms with Crippen LogP contribution >= 0.6 is 11.6 Å². The Kier molecular flexibility index (Phi) is 6.48. The molecular weight excluding hydrogens is 410 g/mol. The van der Waals surface area contributed by atoms with Gasteiger partial charge in [-0.25, -0.2) is 4.98 Å². The largest absolute Gasteiger partial charge is 0.494 e. The van der Waals surface area contributed by atoms with Crippen molar-refractivity contribution < 1.29 is 13.9 Å². The van der Waals surface area contributed by atoms with Crippen LogP contribution in [0.5, 0.6) is 5.75 Å². The average Bonchev–Trinajstić information content (AvgIpc) is 3.22. The van der Waals surface area contributed by atoms with Gasteiger partial charge in [-0.2, -0.15) is 0 Å². The summed E-state index contributed by atoms with van der Waals surface area (Å²) in [5, 5.41) is 0.590. The molecule has 0 bridgehead atoms. The third-order valence-corrected chi connectivity index (χ3v) is 5.05. The summed E-state index contributed by atoms with van der Waals surface area (Å²) in [6, 6.07) is 21.9. The van der Waals surface area contributed by atoms with Gasteiger partial charge in [0.05, 0.1) is 12.2 Å². The van der Waals surface area contributed by atoms with Gasteiger partial charge in [0.2, 0.25) is 5.89 Å². The molecule has 0 saturated carbocycles. The first-order valence-electron chi connectivity index (χ1n) is 10.2. The van der Waals surface area contributed by atoms with Crippen molar-refractivity contribution in [2.45, 2.75) is 19.8 Å². The number of carbonyl (C=O) groups excluding carboxylic acids is 1. The molecule has 31 heavy (non-hydrogen) atoms. The van der Waals surface area contributed by atoms with E-state index in [1.807, 2.05) is 48.5 Å². The third-order valence-electron chi connectivity index (χ3n) is 4.81. The number of Topliss-reactive ketones (excluding diaryl/α,β-unsaturated/α-hetero) is 1. The third kappa shape index (κ3) is 5.04. The smallest absolute Gasteiger partial charge is 0.231 e. The highest BCUT2D eigenvalue weighted by molar-refractivity contribution is 6.32. The number of fused-ring (bicyclic) bond motifs is 1. The number of para-hydroxylation sites is 2. The molecule has 0 unspecified atom stereocenters. The molecule has 0 atom stereocenters. The Hall–Kier alpha value is -3.37. The molecule has 0 spiro atoms. The summed E-state index contributed by atoms with van der Waals surface area (Å²) in [5.41, 5.74) is 3.00. The van der Waals surface area contributed by atoms with Gasteiger partial charge < -0.3 is 9.15 Å². The van der Waals surface area contributed by atoms with Crippen molar-refractivity contribution in [3.8, 4) is 5.75 Å². The van der Waals surface area contributed by atoms with Gasteiger partial charge >= 0.3 is 0 Å². The summed E-state index contributed by atoms with van der Waals surface area (Å²) in [5.74, 6) is 0.827. The van der Waals surface area contributed by atoms with E-state index in [1.54, 1.807) is 30.3 Å². The minimum Gasteiger partial charge on any atom is -0.494 e. The molecule has 156 valence electrons. The first-order valence-corrected chi connectivity index (χ1v) is 10.6. The topological polar surface area (TPSA) is 52.3 Å². The Morgan fingerprint density at radius 3 is 2.61 bits per heavy atom. The Morgan fingerprint density at radius 2 is 1.87 bits per heavy atom. The van der Waals surface area contributed by atoms with Crippen molar-refractivity contribution in [3.63, 3.8) is 0 Å². The molecule has 5 heteroatoms. The van der Waals surface area contributed by atoms with Crippen molar-refractivity contribution >= 4 is 40.1 Å². The summed E-state index contributed by atoms with van der Waals surface area (Å²) < 4.78 is 11.6. The van der Waals surface area contributed by atoms with Crippen molar-refractivity contribution in [3.05, 3.63) is 94.8 Å². The summed E-state index contributed by atoms with van der Waals surface area (Å²) in [6.45, 7) is 2.78. The molecule has 0 saturated heterocycles. The first-order chi connectivity index (χ1) is 15.1. The van der Waals surface area contributed by atoms with E-state index in [0.717, 1.165) is 24.2 Å². The maximum absolute atomic E-state index is 13.4. The molecule has 0 aliphatic rings. The monoisotopic (exact) mass is 431 g/mol. The van der Waals surface area contributed by atoms with Crippen LogP contribution in [-0.4, -0.2) is 17.4 Å². The highest BCUT2D eigenvalue weighted by atomic mass is 35.5. The molecule has 4 aromatic rings. The van der Waals surface area contributed by atoms with Gasteiger partial charge in [-0.1, -0.05) is 49.2 Å². The lowest BCUT2D eigenvalue weighted by Gasteiger charge is -2.07. The second-order valence-corrected chi connectivity index (χ2v) is 7.59. The fraction of sp³-hybridized carbons (Fsp3) is 0.154. The Morgan fingerprint density at radius 1 is 1.06 bits per heavy atom. The van der Waals surface area contributed by atoms with Crippen molar-refractivity contribution in [2.24, 2.45) is 0 Å². The van der Waals surface area contributed by atoms with Crippen LogP contribution in [0.3, 0.4) is 0 Å². The zero-order valence-electron chi connectivity index (χ0n) is 17.2. The van der Waals surface area contributed by atoms with E-state index < -0.39 is 0 Å². The lowest BCUT2D eigenvalue weighted by Crippen LogP contribution is -2.04. The normalized spacial score (nSPS) is 11.6. The van der Waals surface area contributed by atoms with E-state index >= 15 is 0 Å². The lowest BCUT2D eigenvalue weighted by molar-refractivity contribution is 0.105. The molecule has 0 aliphatic heterocycles. The standard InChI is InChI=1S/C26H22ClNO3/c1-2-3-15-30-21-13-11-19(12-14-21)25(29)22(17-18-7-6-8-20(27)16-18)26-28-23-9-4-5-10-24(23)31-26/h4-14,16-17H,2-3,15H2,1H3. The van der Waals surface area contributed by atoms with Crippen LogP contribution in [0.15, 0.2) is 77.2 Å². The second-order valence-electron chi connectivity index (χ2n) is 7.16. The number of benzene rings is 3. The maximum atomic E-state index is 13.4. The fourth-order valence-electron chi connectivity index (χ4n) is 3.17. The van der Waals surface area contributed by atoms with Crippen LogP contribution in [0, 0.1) is 0 Å². The highest BCUT2D eigenvalue weighted by Gasteiger charge is 2.20. The van der Waals surface area contributed by atoms with Crippen LogP contribution < -0.4 is 4.74 Å². The molecule has 3 aromatic carbocycles. The Labute approximate surface area is 186 Å². The summed E-state index contributed by atoms with van der Waals surface area (Å²) >= 11 is 6.14. The highest BCUT2D eigenvalue weighted by Crippen LogP contribution is 2.27. The van der Waals surface area contributed by atoms with Crippen LogP contribution in [-0.2, 0) is 0 Å². The van der Waals surface area contributed by atoms with Gasteiger partial charge in [0.25, 0.3) is 0 Å². The van der Waals surface area contributed by atoms with Gasteiger partial charge in [-0.05, 0) is 66.6 Å². The van der Waals surface area contributed by atoms with E-state index in [1.165, 1.54) is 0 Å². The number of ketones is 1. The van der Waals surface area contributed by atoms with Crippen LogP contribution in [0.2, 0.25) is 5.02 Å². The Bertz CT molecular complexity index is 1190. The van der Waals surface area contributed by atoms with Gasteiger partial charge in [0.15, 0.2) is 11.4 Å². The van der Waals surface area contributed by atoms with Gasteiger partial charge in [0.1, 0.15) is 11.3 Å². The van der Waals surface area contributed by atoms with E-state index in [4.69, 9.17) is 20.8 Å². The van der Waals surface area contributed by atoms with Crippen LogP contribution in [0.4, 0.5) is 0 Å². The van der Waals surface area contributed by atoms with Crippen LogP contribution in [0.1, 0.15) is 41.6 Å². The van der Waals surface area contributed by atoms with E-state index in [9.17, 15) is 4.79 Å². The SMILES string of the molecule is CCCCOc1ccc(C(=O)C(=Cc2cccc(Cl)c2)c2nc3ccccc3o2)cc1. The molecule has 1 heterocycles. The number of hydrogen-bond acceptors (Lipinski definition) is 4. The average molecular weight is 432 g/mol. The number of rotatable bonds is 8. The van der Waals surface area contributed by atoms with E-state index in [0.29, 0.717) is 33.9 Å². The molecule has 4 nitrogen and oxygen atoms in total. The lowest BCUT2D eigenvalue weighted by atomic mass is 10.0. The minimum atomic E-state index is -0.188.